The molecule has 2 fully saturated rings. The molecular formula is C28H32N4O. The molecule has 1 amide bonds. The highest BCUT2D eigenvalue weighted by Crippen LogP contribution is 2.56. The van der Waals surface area contributed by atoms with Crippen LogP contribution < -0.4 is 9.80 Å². The number of hydrogen-bond acceptors (Lipinski definition) is 4. The quantitative estimate of drug-likeness (QED) is 0.607. The molecule has 0 N–H and O–H groups in total. The van der Waals surface area contributed by atoms with Gasteiger partial charge in [-0.05, 0) is 79.6 Å². The van der Waals surface area contributed by atoms with Crippen molar-refractivity contribution in [2.75, 3.05) is 49.6 Å². The second-order valence-electron chi connectivity index (χ2n) is 10.0. The number of aromatic nitrogens is 1. The van der Waals surface area contributed by atoms with Crippen molar-refractivity contribution in [1.82, 2.24) is 9.88 Å². The van der Waals surface area contributed by atoms with Crippen LogP contribution in [0, 0.1) is 19.8 Å². The van der Waals surface area contributed by atoms with E-state index in [1.54, 1.807) is 0 Å². The minimum Gasteiger partial charge on any atom is -0.368 e. The van der Waals surface area contributed by atoms with E-state index in [9.17, 15) is 4.79 Å². The van der Waals surface area contributed by atoms with Gasteiger partial charge in [-0.1, -0.05) is 12.1 Å². The van der Waals surface area contributed by atoms with E-state index < -0.39 is 0 Å². The number of piperazine rings is 1. The molecular weight excluding hydrogens is 408 g/mol. The largest absolute Gasteiger partial charge is 0.368 e. The highest BCUT2D eigenvalue weighted by molar-refractivity contribution is 6.01. The van der Waals surface area contributed by atoms with Gasteiger partial charge in [0.1, 0.15) is 0 Å². The number of amides is 1. The molecule has 0 bridgehead atoms. The third-order valence-corrected chi connectivity index (χ3v) is 7.98. The van der Waals surface area contributed by atoms with Crippen molar-refractivity contribution < 1.29 is 4.79 Å². The third-order valence-electron chi connectivity index (χ3n) is 7.98. The van der Waals surface area contributed by atoms with Gasteiger partial charge in [0.05, 0.1) is 5.52 Å². The number of carbonyl (C=O) groups is 1. The molecule has 2 atom stereocenters. The number of pyridine rings is 1. The van der Waals surface area contributed by atoms with Gasteiger partial charge < -0.3 is 9.80 Å². The van der Waals surface area contributed by atoms with E-state index in [2.05, 4.69) is 66.1 Å². The van der Waals surface area contributed by atoms with Crippen molar-refractivity contribution >= 4 is 28.2 Å². The summed E-state index contributed by atoms with van der Waals surface area (Å²) >= 11 is 0. The zero-order chi connectivity index (χ0) is 22.7. The molecule has 6 rings (SSSR count). The minimum absolute atomic E-state index is 0.227. The first-order valence-corrected chi connectivity index (χ1v) is 12.2. The summed E-state index contributed by atoms with van der Waals surface area (Å²) in [5.41, 5.74) is 8.91. The molecule has 5 nitrogen and oxygen atoms in total. The van der Waals surface area contributed by atoms with E-state index in [0.717, 1.165) is 62.5 Å². The van der Waals surface area contributed by atoms with E-state index in [1.807, 2.05) is 11.9 Å². The summed E-state index contributed by atoms with van der Waals surface area (Å²) in [5.74, 6) is 0.988. The van der Waals surface area contributed by atoms with E-state index >= 15 is 0 Å². The fraction of sp³-hybridized carbons (Fsp3) is 0.429. The molecule has 1 saturated carbocycles. The van der Waals surface area contributed by atoms with Crippen LogP contribution in [-0.4, -0.2) is 55.6 Å². The molecule has 2 aromatic carbocycles. The summed E-state index contributed by atoms with van der Waals surface area (Å²) in [5, 5.41) is 1.25. The Hall–Kier alpha value is -2.92. The molecule has 2 unspecified atom stereocenters. The minimum atomic E-state index is 0.227. The lowest BCUT2D eigenvalue weighted by Gasteiger charge is -2.37. The normalized spacial score (nSPS) is 22.5. The van der Waals surface area contributed by atoms with Crippen LogP contribution in [0.1, 0.15) is 34.7 Å². The molecule has 3 aromatic rings. The highest BCUT2D eigenvalue weighted by Gasteiger charge is 2.51. The first-order chi connectivity index (χ1) is 16.0. The van der Waals surface area contributed by atoms with E-state index in [1.165, 1.54) is 27.8 Å². The van der Waals surface area contributed by atoms with Crippen molar-refractivity contribution in [3.63, 3.8) is 0 Å². The fourth-order valence-electron chi connectivity index (χ4n) is 5.95. The molecule has 2 aliphatic heterocycles. The molecule has 5 heteroatoms. The number of anilines is 2. The summed E-state index contributed by atoms with van der Waals surface area (Å²) in [6.45, 7) is 9.60. The lowest BCUT2D eigenvalue weighted by molar-refractivity contribution is -0.119. The van der Waals surface area contributed by atoms with E-state index in [4.69, 9.17) is 4.98 Å². The number of rotatable bonds is 4. The number of carbonyl (C=O) groups excluding carboxylic acids is 1. The molecule has 0 radical (unpaired) electrons. The standard InChI is InChI=1S/C28H32N4O/c1-18-7-10-26-27(22-17-23(22)28(33)30(26)3)20(18)11-12-31-13-15-32(16-14-31)25-6-4-5-24-21(25)9-8-19(2)29-24/h4-10,22-23H,11-17H2,1-3H3. The Bertz CT molecular complexity index is 1240. The van der Waals surface area contributed by atoms with Crippen LogP contribution in [0.25, 0.3) is 10.9 Å². The van der Waals surface area contributed by atoms with Crippen molar-refractivity contribution in [3.8, 4) is 0 Å². The number of aryl methyl sites for hydroxylation is 2. The van der Waals surface area contributed by atoms with Crippen LogP contribution in [0.2, 0.25) is 0 Å². The summed E-state index contributed by atoms with van der Waals surface area (Å²) in [6.07, 6.45) is 2.10. The lowest BCUT2D eigenvalue weighted by atomic mass is 9.90. The van der Waals surface area contributed by atoms with Gasteiger partial charge in [-0.3, -0.25) is 14.7 Å². The SMILES string of the molecule is Cc1ccc2c(N3CCN(CCc4c(C)ccc5c4C4CC4C(=O)N5C)CC3)cccc2n1. The van der Waals surface area contributed by atoms with Crippen molar-refractivity contribution in [2.45, 2.75) is 32.6 Å². The summed E-state index contributed by atoms with van der Waals surface area (Å²) in [4.78, 5) is 24.2. The van der Waals surface area contributed by atoms with Crippen molar-refractivity contribution in [2.24, 2.45) is 5.92 Å². The van der Waals surface area contributed by atoms with Crippen LogP contribution in [0.4, 0.5) is 11.4 Å². The number of nitrogens with zero attached hydrogens (tertiary/aromatic N) is 4. The maximum Gasteiger partial charge on any atom is 0.230 e. The van der Waals surface area contributed by atoms with Crippen LogP contribution >= 0.6 is 0 Å². The second-order valence-corrected chi connectivity index (χ2v) is 10.0. The Morgan fingerprint density at radius 3 is 2.58 bits per heavy atom. The molecule has 0 spiro atoms. The van der Waals surface area contributed by atoms with Gasteiger partial charge in [-0.15, -0.1) is 0 Å². The molecule has 1 aliphatic carbocycles. The predicted octanol–water partition coefficient (Wildman–Crippen LogP) is 4.30. The molecule has 1 saturated heterocycles. The average molecular weight is 441 g/mol. The Morgan fingerprint density at radius 2 is 1.76 bits per heavy atom. The summed E-state index contributed by atoms with van der Waals surface area (Å²) in [7, 11) is 1.94. The first-order valence-electron chi connectivity index (χ1n) is 12.2. The van der Waals surface area contributed by atoms with Gasteiger partial charge in [-0.2, -0.15) is 0 Å². The Balaban J connectivity index is 1.15. The monoisotopic (exact) mass is 440 g/mol. The first kappa shape index (κ1) is 20.7. The van der Waals surface area contributed by atoms with Crippen LogP contribution in [0.3, 0.4) is 0 Å². The highest BCUT2D eigenvalue weighted by atomic mass is 16.2. The van der Waals surface area contributed by atoms with Gasteiger partial charge >= 0.3 is 0 Å². The topological polar surface area (TPSA) is 39.7 Å². The average Bonchev–Trinajstić information content (AvgIpc) is 3.62. The zero-order valence-corrected chi connectivity index (χ0v) is 19.8. The molecule has 170 valence electrons. The Morgan fingerprint density at radius 1 is 0.939 bits per heavy atom. The lowest BCUT2D eigenvalue weighted by Crippen LogP contribution is -2.47. The predicted molar refractivity (Wildman–Crippen MR) is 134 cm³/mol. The second kappa shape index (κ2) is 7.84. The molecule has 3 aliphatic rings. The maximum atomic E-state index is 12.5. The molecule has 3 heterocycles. The van der Waals surface area contributed by atoms with E-state index in [0.29, 0.717) is 11.8 Å². The van der Waals surface area contributed by atoms with Crippen LogP contribution in [-0.2, 0) is 11.2 Å². The van der Waals surface area contributed by atoms with E-state index in [-0.39, 0.29) is 5.92 Å². The number of hydrogen-bond donors (Lipinski definition) is 0. The zero-order valence-electron chi connectivity index (χ0n) is 19.8. The maximum absolute atomic E-state index is 12.5. The van der Waals surface area contributed by atoms with Gasteiger partial charge in [0.2, 0.25) is 5.91 Å². The third kappa shape index (κ3) is 3.50. The van der Waals surface area contributed by atoms with Gasteiger partial charge in [0.25, 0.3) is 0 Å². The van der Waals surface area contributed by atoms with Crippen LogP contribution in [0.15, 0.2) is 42.5 Å². The van der Waals surface area contributed by atoms with Gasteiger partial charge in [0, 0.05) is 68.1 Å². The fourth-order valence-corrected chi connectivity index (χ4v) is 5.95. The van der Waals surface area contributed by atoms with Gasteiger partial charge in [-0.25, -0.2) is 0 Å². The number of fused-ring (bicyclic) bond motifs is 4. The summed E-state index contributed by atoms with van der Waals surface area (Å²) in [6, 6.07) is 15.2. The van der Waals surface area contributed by atoms with Crippen molar-refractivity contribution in [1.29, 1.82) is 0 Å². The number of benzene rings is 2. The van der Waals surface area contributed by atoms with Crippen molar-refractivity contribution in [3.05, 3.63) is 64.8 Å². The van der Waals surface area contributed by atoms with Crippen LogP contribution in [0.5, 0.6) is 0 Å². The van der Waals surface area contributed by atoms with Gasteiger partial charge in [0.15, 0.2) is 0 Å². The Labute approximate surface area is 196 Å². The Kier molecular flexibility index (Phi) is 4.91. The molecule has 33 heavy (non-hydrogen) atoms. The smallest absolute Gasteiger partial charge is 0.230 e. The summed E-state index contributed by atoms with van der Waals surface area (Å²) < 4.78 is 0. The molecule has 1 aromatic heterocycles.